The smallest absolute Gasteiger partial charge is 0.301 e. The average Bonchev–Trinajstić information content (AvgIpc) is 3.61. The van der Waals surface area contributed by atoms with Gasteiger partial charge in [-0.05, 0) is 60.7 Å². The van der Waals surface area contributed by atoms with Crippen molar-refractivity contribution in [3.05, 3.63) is 127 Å². The van der Waals surface area contributed by atoms with Gasteiger partial charge in [0.05, 0.1) is 58.6 Å². The van der Waals surface area contributed by atoms with Gasteiger partial charge >= 0.3 is 11.4 Å². The van der Waals surface area contributed by atoms with Crippen LogP contribution >= 0.6 is 11.6 Å². The molecule has 19 heteroatoms. The molecule has 314 valence electrons. The van der Waals surface area contributed by atoms with Crippen molar-refractivity contribution in [1.82, 2.24) is 5.01 Å². The molecule has 0 bridgehead atoms. The van der Waals surface area contributed by atoms with Crippen molar-refractivity contribution in [1.29, 1.82) is 0 Å². The van der Waals surface area contributed by atoms with Crippen LogP contribution in [0.25, 0.3) is 0 Å². The molecule has 4 aromatic carbocycles. The minimum absolute atomic E-state index is 0.0684. The lowest BCUT2D eigenvalue weighted by Crippen LogP contribution is -2.53. The highest BCUT2D eigenvalue weighted by Gasteiger charge is 2.71. The molecule has 6 atom stereocenters. The fourth-order valence-corrected chi connectivity index (χ4v) is 9.97. The highest BCUT2D eigenvalue weighted by atomic mass is 35.5. The summed E-state index contributed by atoms with van der Waals surface area (Å²) in [6.07, 6.45) is 1.43. The molecule has 3 fully saturated rings. The summed E-state index contributed by atoms with van der Waals surface area (Å²) >= 11 is 6.37. The fraction of sp³-hybridized carbons (Fsp3) is 0.286. The van der Waals surface area contributed by atoms with E-state index in [2.05, 4.69) is 5.43 Å². The number of benzene rings is 4. The molecular weight excluding hydrogens is 819 g/mol. The van der Waals surface area contributed by atoms with Crippen LogP contribution in [0, 0.1) is 49.7 Å². The quantitative estimate of drug-likeness (QED) is 0.0779. The largest absolute Gasteiger partial charge is 0.507 e. The minimum atomic E-state index is -1.88. The van der Waals surface area contributed by atoms with E-state index in [9.17, 15) is 44.1 Å². The molecule has 1 saturated carbocycles. The van der Waals surface area contributed by atoms with Gasteiger partial charge in [0, 0.05) is 54.9 Å². The van der Waals surface area contributed by atoms with E-state index in [1.165, 1.54) is 57.5 Å². The number of hydrogen-bond acceptors (Lipinski definition) is 13. The van der Waals surface area contributed by atoms with Crippen LogP contribution in [0.15, 0.2) is 84.4 Å². The summed E-state index contributed by atoms with van der Waals surface area (Å²) in [5.74, 6) is -9.61. The number of aromatic hydroxyl groups is 1. The first-order chi connectivity index (χ1) is 29.0. The van der Waals surface area contributed by atoms with Crippen LogP contribution in [-0.4, -0.2) is 71.9 Å². The van der Waals surface area contributed by atoms with Crippen molar-refractivity contribution in [3.8, 4) is 17.2 Å². The first-order valence-corrected chi connectivity index (χ1v) is 19.3. The number of methoxy groups -OCH3 is 2. The third kappa shape index (κ3) is 6.10. The third-order valence-corrected chi connectivity index (χ3v) is 12.5. The summed E-state index contributed by atoms with van der Waals surface area (Å²) in [6.45, 7) is 0. The van der Waals surface area contributed by atoms with Gasteiger partial charge in [-0.25, -0.2) is 9.29 Å². The predicted octanol–water partition coefficient (Wildman–Crippen LogP) is 6.27. The Kier molecular flexibility index (Phi) is 9.92. The molecule has 0 spiro atoms. The number of halogens is 2. The Bertz CT molecular complexity index is 2570. The second kappa shape index (κ2) is 14.9. The Hall–Kier alpha value is -7.08. The van der Waals surface area contributed by atoms with E-state index in [-0.39, 0.29) is 52.7 Å². The Morgan fingerprint density at radius 1 is 0.885 bits per heavy atom. The second-order valence-corrected chi connectivity index (χ2v) is 15.8. The van der Waals surface area contributed by atoms with Crippen molar-refractivity contribution in [2.45, 2.75) is 24.2 Å². The fourth-order valence-electron chi connectivity index (χ4n) is 9.84. The van der Waals surface area contributed by atoms with Crippen LogP contribution in [0.2, 0.25) is 5.02 Å². The van der Waals surface area contributed by atoms with Gasteiger partial charge in [-0.3, -0.25) is 44.8 Å². The number of nitro benzene ring substituents is 2. The molecule has 2 saturated heterocycles. The number of hydrogen-bond donors (Lipinski definition) is 2. The second-order valence-electron chi connectivity index (χ2n) is 15.4. The van der Waals surface area contributed by atoms with Crippen LogP contribution in [-0.2, 0) is 24.6 Å². The third-order valence-electron chi connectivity index (χ3n) is 12.2. The Labute approximate surface area is 351 Å². The zero-order chi connectivity index (χ0) is 43.8. The lowest BCUT2D eigenvalue weighted by molar-refractivity contribution is -0.392. The molecule has 2 N–H and O–H groups in total. The molecular formula is C42H36ClFN6O11. The molecule has 4 aromatic rings. The number of ether oxygens (including phenoxy) is 2. The number of carbonyl (C=O) groups is 4. The number of anilines is 3. The number of imide groups is 2. The number of carbonyl (C=O) groups excluding carboxylic acids is 4. The lowest BCUT2D eigenvalue weighted by atomic mass is 9.49. The highest BCUT2D eigenvalue weighted by Crippen LogP contribution is 2.66. The Morgan fingerprint density at radius 2 is 1.52 bits per heavy atom. The van der Waals surface area contributed by atoms with Crippen LogP contribution in [0.4, 0.5) is 32.8 Å². The number of hydrazine groups is 1. The van der Waals surface area contributed by atoms with E-state index in [4.69, 9.17) is 21.1 Å². The van der Waals surface area contributed by atoms with Gasteiger partial charge in [-0.1, -0.05) is 35.4 Å². The number of nitro groups is 2. The maximum atomic E-state index is 15.5. The van der Waals surface area contributed by atoms with Gasteiger partial charge in [0.2, 0.25) is 11.8 Å². The Morgan fingerprint density at radius 3 is 2.10 bits per heavy atom. The minimum Gasteiger partial charge on any atom is -0.507 e. The lowest BCUT2D eigenvalue weighted by Gasteiger charge is -2.50. The van der Waals surface area contributed by atoms with Crippen molar-refractivity contribution >= 4 is 63.7 Å². The molecule has 2 aliphatic carbocycles. The number of phenolic OH excluding ortho intramolecular Hbond substituents is 1. The normalized spacial score (nSPS) is 24.2. The summed E-state index contributed by atoms with van der Waals surface area (Å²) in [5.41, 5.74) is -0.170. The Balaban J connectivity index is 1.35. The van der Waals surface area contributed by atoms with Gasteiger partial charge in [0.25, 0.3) is 11.8 Å². The zero-order valence-corrected chi connectivity index (χ0v) is 33.6. The van der Waals surface area contributed by atoms with Crippen molar-refractivity contribution in [2.24, 2.45) is 23.7 Å². The molecule has 0 unspecified atom stereocenters. The molecule has 2 heterocycles. The number of amides is 4. The van der Waals surface area contributed by atoms with E-state index in [0.29, 0.717) is 16.2 Å². The van der Waals surface area contributed by atoms with Gasteiger partial charge < -0.3 is 19.5 Å². The first kappa shape index (κ1) is 40.7. The topological polar surface area (TPSA) is 215 Å². The summed E-state index contributed by atoms with van der Waals surface area (Å²) in [7, 11) is 5.49. The molecule has 0 radical (unpaired) electrons. The molecule has 0 aromatic heterocycles. The molecule has 2 aliphatic heterocycles. The number of nitrogens with one attached hydrogen (secondary N) is 1. The van der Waals surface area contributed by atoms with E-state index < -0.39 is 85.7 Å². The van der Waals surface area contributed by atoms with Gasteiger partial charge in [-0.2, -0.15) is 5.01 Å². The van der Waals surface area contributed by atoms with Gasteiger partial charge in [0.15, 0.2) is 5.69 Å². The molecule has 17 nitrogen and oxygen atoms in total. The molecule has 8 rings (SSSR count). The van der Waals surface area contributed by atoms with Gasteiger partial charge in [-0.15, -0.1) is 0 Å². The number of phenols is 1. The summed E-state index contributed by atoms with van der Waals surface area (Å²) in [6, 6.07) is 15.9. The number of rotatable bonds is 10. The molecule has 61 heavy (non-hydrogen) atoms. The van der Waals surface area contributed by atoms with Gasteiger partial charge in [0.1, 0.15) is 23.1 Å². The summed E-state index contributed by atoms with van der Waals surface area (Å²) < 4.78 is 25.3. The number of fused-ring (bicyclic) bond motifs is 4. The maximum Gasteiger partial charge on any atom is 0.301 e. The zero-order valence-electron chi connectivity index (χ0n) is 32.8. The predicted molar refractivity (Wildman–Crippen MR) is 217 cm³/mol. The van der Waals surface area contributed by atoms with E-state index in [1.54, 1.807) is 30.3 Å². The van der Waals surface area contributed by atoms with Crippen LogP contribution in [0.5, 0.6) is 17.2 Å². The standard InChI is InChI=1S/C42H36ClFN6O11/c1-46(2)37-30(49(56)57)15-24(16-31(37)50(58)59)47-38(52)27-14-13-26-28(34(27)40(47)54)19-29-39(53)48(45-23-11-9-22(44)10-12-23)41(55)42(29,20-5-7-21(43)8-6-20)36(26)35-32(51)17-25(60-3)18-33(35)61-4/h5-13,15-18,27-29,34,36,45,51H,14,19H2,1-4H3/t27-,28+,29-,34-,36+,42+/m0/s1. The molecule has 4 aliphatic rings. The average molecular weight is 855 g/mol. The number of nitrogens with zero attached hydrogens (tertiary/aromatic N) is 5. The van der Waals surface area contributed by atoms with E-state index in [1.807, 2.05) is 0 Å². The summed E-state index contributed by atoms with van der Waals surface area (Å²) in [5, 5.41) is 37.6. The van der Waals surface area contributed by atoms with E-state index in [0.717, 1.165) is 34.2 Å². The highest BCUT2D eigenvalue weighted by molar-refractivity contribution is 6.30. The van der Waals surface area contributed by atoms with Crippen LogP contribution < -0.4 is 24.7 Å². The van der Waals surface area contributed by atoms with Crippen molar-refractivity contribution in [3.63, 3.8) is 0 Å². The van der Waals surface area contributed by atoms with Crippen molar-refractivity contribution < 1.29 is 48.0 Å². The summed E-state index contributed by atoms with van der Waals surface area (Å²) in [4.78, 5) is 84.5. The number of allylic oxidation sites excluding steroid dienone is 2. The first-order valence-electron chi connectivity index (χ1n) is 18.9. The van der Waals surface area contributed by atoms with Crippen molar-refractivity contribution in [2.75, 3.05) is 43.5 Å². The molecule has 4 amide bonds. The van der Waals surface area contributed by atoms with Crippen LogP contribution in [0.3, 0.4) is 0 Å². The van der Waals surface area contributed by atoms with Crippen LogP contribution in [0.1, 0.15) is 29.9 Å². The van der Waals surface area contributed by atoms with E-state index >= 15 is 4.79 Å². The monoisotopic (exact) mass is 854 g/mol. The SMILES string of the molecule is COc1cc(O)c([C@H]2C3=CC[C@@H]4C(=O)N(c5cc([N+](=O)[O-])c(N(C)C)c([N+](=O)[O-])c5)C(=O)[C@@H]4[C@@H]3C[C@H]3C(=O)N(Nc4ccc(F)cc4)C(=O)[C@@]23c2ccc(Cl)cc2)c(OC)c1. The maximum absolute atomic E-state index is 15.5.